The Balaban J connectivity index is 1.71. The minimum atomic E-state index is 0.0324. The Bertz CT molecular complexity index is 668. The molecule has 112 valence electrons. The summed E-state index contributed by atoms with van der Waals surface area (Å²) in [5.41, 5.74) is 2.37. The number of carbonyl (C=O) groups excluding carboxylic acids is 1. The van der Waals surface area contributed by atoms with Gasteiger partial charge in [-0.2, -0.15) is 10.2 Å². The molecule has 0 spiro atoms. The Morgan fingerprint density at radius 3 is 2.23 bits per heavy atom. The van der Waals surface area contributed by atoms with E-state index in [0.29, 0.717) is 13.0 Å². The summed E-state index contributed by atoms with van der Waals surface area (Å²) in [6.45, 7) is 0.617. The topological polar surface area (TPSA) is 65.3 Å². The Morgan fingerprint density at radius 2 is 1.64 bits per heavy atom. The molecule has 0 saturated carbocycles. The Hall–Kier alpha value is -2.53. The molecule has 0 aromatic heterocycles. The van der Waals surface area contributed by atoms with Gasteiger partial charge in [0, 0.05) is 31.2 Å². The van der Waals surface area contributed by atoms with Crippen LogP contribution in [0.3, 0.4) is 0 Å². The lowest BCUT2D eigenvalue weighted by atomic mass is 10.1. The molecule has 1 unspecified atom stereocenters. The van der Waals surface area contributed by atoms with Gasteiger partial charge in [0.1, 0.15) is 0 Å². The fourth-order valence-corrected chi connectivity index (χ4v) is 2.46. The monoisotopic (exact) mass is 295 g/mol. The standard InChI is InChI=1S/C17H17N3O2/c21-12-13-10-17(22)20(11-13)16-8-6-15(7-9-16)19-18-14-4-2-1-3-5-14/h1-9,13,21H,10-12H2. The average molecular weight is 295 g/mol. The zero-order chi connectivity index (χ0) is 15.4. The summed E-state index contributed by atoms with van der Waals surface area (Å²) in [6.07, 6.45) is 0.409. The highest BCUT2D eigenvalue weighted by atomic mass is 16.3. The molecule has 1 atom stereocenters. The number of aliphatic hydroxyl groups is 1. The van der Waals surface area contributed by atoms with Gasteiger partial charge in [0.25, 0.3) is 0 Å². The fraction of sp³-hybridized carbons (Fsp3) is 0.235. The molecule has 0 bridgehead atoms. The molecular weight excluding hydrogens is 278 g/mol. The molecule has 22 heavy (non-hydrogen) atoms. The second-order valence-electron chi connectivity index (χ2n) is 5.31. The van der Waals surface area contributed by atoms with Crippen molar-refractivity contribution in [3.8, 4) is 0 Å². The lowest BCUT2D eigenvalue weighted by Gasteiger charge is -2.16. The van der Waals surface area contributed by atoms with Crippen LogP contribution >= 0.6 is 0 Å². The van der Waals surface area contributed by atoms with Crippen molar-refractivity contribution >= 4 is 23.0 Å². The summed E-state index contributed by atoms with van der Waals surface area (Å²) < 4.78 is 0. The molecule has 1 fully saturated rings. The number of benzene rings is 2. The van der Waals surface area contributed by atoms with Crippen molar-refractivity contribution < 1.29 is 9.90 Å². The van der Waals surface area contributed by atoms with Crippen LogP contribution in [0.4, 0.5) is 17.1 Å². The summed E-state index contributed by atoms with van der Waals surface area (Å²) in [5, 5.41) is 17.5. The summed E-state index contributed by atoms with van der Waals surface area (Å²) in [4.78, 5) is 13.6. The minimum absolute atomic E-state index is 0.0324. The van der Waals surface area contributed by atoms with Gasteiger partial charge in [-0.15, -0.1) is 0 Å². The Kier molecular flexibility index (Phi) is 4.25. The van der Waals surface area contributed by atoms with Crippen LogP contribution in [0.1, 0.15) is 6.42 Å². The first kappa shape index (κ1) is 14.4. The van der Waals surface area contributed by atoms with Gasteiger partial charge in [0.05, 0.1) is 11.4 Å². The summed E-state index contributed by atoms with van der Waals surface area (Å²) in [6, 6.07) is 16.9. The van der Waals surface area contributed by atoms with E-state index in [1.807, 2.05) is 54.6 Å². The molecule has 3 rings (SSSR count). The third-order valence-electron chi connectivity index (χ3n) is 3.66. The highest BCUT2D eigenvalue weighted by Gasteiger charge is 2.29. The number of amides is 1. The molecule has 2 aromatic carbocycles. The molecule has 1 amide bonds. The number of aliphatic hydroxyl groups excluding tert-OH is 1. The van der Waals surface area contributed by atoms with E-state index in [0.717, 1.165) is 17.1 Å². The predicted molar refractivity (Wildman–Crippen MR) is 84.6 cm³/mol. The maximum Gasteiger partial charge on any atom is 0.227 e. The predicted octanol–water partition coefficient (Wildman–Crippen LogP) is 3.45. The van der Waals surface area contributed by atoms with Crippen LogP contribution in [0.2, 0.25) is 0 Å². The third kappa shape index (κ3) is 3.20. The highest BCUT2D eigenvalue weighted by Crippen LogP contribution is 2.27. The van der Waals surface area contributed by atoms with Crippen molar-refractivity contribution in [3.05, 3.63) is 54.6 Å². The fourth-order valence-electron chi connectivity index (χ4n) is 2.46. The maximum atomic E-state index is 11.9. The van der Waals surface area contributed by atoms with Gasteiger partial charge < -0.3 is 10.0 Å². The molecule has 0 aliphatic carbocycles. The Labute approximate surface area is 128 Å². The summed E-state index contributed by atoms with van der Waals surface area (Å²) in [5.74, 6) is 0.0858. The van der Waals surface area contributed by atoms with Crippen molar-refractivity contribution in [2.75, 3.05) is 18.1 Å². The van der Waals surface area contributed by atoms with Gasteiger partial charge in [0.2, 0.25) is 5.91 Å². The van der Waals surface area contributed by atoms with Gasteiger partial charge in [-0.05, 0) is 36.4 Å². The van der Waals surface area contributed by atoms with Crippen molar-refractivity contribution in [2.24, 2.45) is 16.1 Å². The number of carbonyl (C=O) groups is 1. The number of nitrogens with zero attached hydrogens (tertiary/aromatic N) is 3. The van der Waals surface area contributed by atoms with E-state index >= 15 is 0 Å². The quantitative estimate of drug-likeness (QED) is 0.878. The molecule has 5 nitrogen and oxygen atoms in total. The molecule has 1 aliphatic rings. The second-order valence-corrected chi connectivity index (χ2v) is 5.31. The van der Waals surface area contributed by atoms with E-state index in [9.17, 15) is 4.79 Å². The lowest BCUT2D eigenvalue weighted by Crippen LogP contribution is -2.24. The maximum absolute atomic E-state index is 11.9. The van der Waals surface area contributed by atoms with E-state index in [4.69, 9.17) is 5.11 Å². The van der Waals surface area contributed by atoms with Crippen LogP contribution in [0.15, 0.2) is 64.8 Å². The van der Waals surface area contributed by atoms with Crippen LogP contribution in [-0.4, -0.2) is 24.2 Å². The number of anilines is 1. The lowest BCUT2D eigenvalue weighted by molar-refractivity contribution is -0.117. The molecule has 5 heteroatoms. The molecule has 1 saturated heterocycles. The van der Waals surface area contributed by atoms with Gasteiger partial charge in [0.15, 0.2) is 0 Å². The highest BCUT2D eigenvalue weighted by molar-refractivity contribution is 5.95. The van der Waals surface area contributed by atoms with Crippen LogP contribution in [0.25, 0.3) is 0 Å². The molecular formula is C17H17N3O2. The van der Waals surface area contributed by atoms with Crippen molar-refractivity contribution in [3.63, 3.8) is 0 Å². The van der Waals surface area contributed by atoms with E-state index < -0.39 is 0 Å². The van der Waals surface area contributed by atoms with Gasteiger partial charge >= 0.3 is 0 Å². The van der Waals surface area contributed by atoms with Crippen molar-refractivity contribution in [2.45, 2.75) is 6.42 Å². The van der Waals surface area contributed by atoms with Crippen LogP contribution in [0, 0.1) is 5.92 Å². The third-order valence-corrected chi connectivity index (χ3v) is 3.66. The van der Waals surface area contributed by atoms with Crippen molar-refractivity contribution in [1.29, 1.82) is 0 Å². The first-order chi connectivity index (χ1) is 10.8. The second kappa shape index (κ2) is 6.49. The normalized spacial score (nSPS) is 18.3. The van der Waals surface area contributed by atoms with E-state index in [1.54, 1.807) is 4.90 Å². The van der Waals surface area contributed by atoms with Gasteiger partial charge in [-0.25, -0.2) is 0 Å². The van der Waals surface area contributed by atoms with Crippen molar-refractivity contribution in [1.82, 2.24) is 0 Å². The van der Waals surface area contributed by atoms with Gasteiger partial charge in [-0.1, -0.05) is 18.2 Å². The number of hydrogen-bond acceptors (Lipinski definition) is 4. The van der Waals surface area contributed by atoms with E-state index in [1.165, 1.54) is 0 Å². The zero-order valence-corrected chi connectivity index (χ0v) is 12.1. The van der Waals surface area contributed by atoms with Gasteiger partial charge in [-0.3, -0.25) is 4.79 Å². The van der Waals surface area contributed by atoms with Crippen LogP contribution < -0.4 is 4.90 Å². The average Bonchev–Trinajstić information content (AvgIpc) is 2.95. The number of azo groups is 1. The molecule has 1 N–H and O–H groups in total. The smallest absolute Gasteiger partial charge is 0.227 e. The molecule has 1 aliphatic heterocycles. The van der Waals surface area contributed by atoms with Crippen LogP contribution in [0.5, 0.6) is 0 Å². The largest absolute Gasteiger partial charge is 0.396 e. The molecule has 2 aromatic rings. The number of hydrogen-bond donors (Lipinski definition) is 1. The number of rotatable bonds is 4. The molecule has 1 heterocycles. The Morgan fingerprint density at radius 1 is 1.00 bits per heavy atom. The SMILES string of the molecule is O=C1CC(CO)CN1c1ccc(N=Nc2ccccc2)cc1. The van der Waals surface area contributed by atoms with E-state index in [2.05, 4.69) is 10.2 Å². The van der Waals surface area contributed by atoms with E-state index in [-0.39, 0.29) is 18.4 Å². The zero-order valence-electron chi connectivity index (χ0n) is 12.1. The van der Waals surface area contributed by atoms with Crippen LogP contribution in [-0.2, 0) is 4.79 Å². The minimum Gasteiger partial charge on any atom is -0.396 e. The molecule has 0 radical (unpaired) electrons. The first-order valence-electron chi connectivity index (χ1n) is 7.24. The summed E-state index contributed by atoms with van der Waals surface area (Å²) >= 11 is 0. The summed E-state index contributed by atoms with van der Waals surface area (Å²) in [7, 11) is 0. The first-order valence-corrected chi connectivity index (χ1v) is 7.24.